The van der Waals surface area contributed by atoms with Crippen LogP contribution in [-0.2, 0) is 0 Å². The first kappa shape index (κ1) is 14.6. The van der Waals surface area contributed by atoms with E-state index in [2.05, 4.69) is 5.10 Å². The van der Waals surface area contributed by atoms with Crippen LogP contribution in [0.15, 0.2) is 36.5 Å². The molecule has 1 aromatic carbocycles. The number of benzene rings is 1. The number of hydrogen-bond acceptors (Lipinski definition) is 3. The fourth-order valence-electron chi connectivity index (χ4n) is 1.90. The van der Waals surface area contributed by atoms with Gasteiger partial charge < -0.3 is 0 Å². The highest BCUT2D eigenvalue weighted by Gasteiger charge is 2.15. The van der Waals surface area contributed by atoms with Gasteiger partial charge in [0.15, 0.2) is 6.29 Å². The van der Waals surface area contributed by atoms with Crippen LogP contribution in [-0.4, -0.2) is 16.1 Å². The molecule has 3 nitrogen and oxygen atoms in total. The number of nitrogens with zero attached hydrogens (tertiary/aromatic N) is 2. The van der Waals surface area contributed by atoms with Gasteiger partial charge in [0, 0.05) is 11.2 Å². The Labute approximate surface area is 139 Å². The van der Waals surface area contributed by atoms with E-state index in [4.69, 9.17) is 34.8 Å². The Hall–Kier alpha value is -1.33. The lowest BCUT2D eigenvalue weighted by atomic mass is 10.2. The normalized spacial score (nSPS) is 10.8. The zero-order valence-corrected chi connectivity index (χ0v) is 13.5. The van der Waals surface area contributed by atoms with Crippen molar-refractivity contribution in [3.63, 3.8) is 0 Å². The lowest BCUT2D eigenvalue weighted by Crippen LogP contribution is -1.95. The van der Waals surface area contributed by atoms with Gasteiger partial charge in [0.1, 0.15) is 5.69 Å². The SMILES string of the molecule is O=Cc1cn(-c2ccc(Cl)cc2Cl)nc1-c1ccc(Cl)s1. The molecular formula is C14H7Cl3N2OS. The molecule has 3 aromatic rings. The maximum atomic E-state index is 11.3. The van der Waals surface area contributed by atoms with Crippen LogP contribution in [0.3, 0.4) is 0 Å². The van der Waals surface area contributed by atoms with Gasteiger partial charge in [0.25, 0.3) is 0 Å². The van der Waals surface area contributed by atoms with Crippen LogP contribution >= 0.6 is 46.1 Å². The van der Waals surface area contributed by atoms with Crippen molar-refractivity contribution in [2.45, 2.75) is 0 Å². The summed E-state index contributed by atoms with van der Waals surface area (Å²) in [6, 6.07) is 8.69. The van der Waals surface area contributed by atoms with Crippen LogP contribution in [0.25, 0.3) is 16.3 Å². The minimum absolute atomic E-state index is 0.457. The van der Waals surface area contributed by atoms with E-state index < -0.39 is 0 Å². The average Bonchev–Trinajstić information content (AvgIpc) is 3.04. The second-order valence-electron chi connectivity index (χ2n) is 4.19. The summed E-state index contributed by atoms with van der Waals surface area (Å²) in [4.78, 5) is 12.1. The van der Waals surface area contributed by atoms with E-state index in [-0.39, 0.29) is 0 Å². The third kappa shape index (κ3) is 2.85. The van der Waals surface area contributed by atoms with Gasteiger partial charge in [-0.1, -0.05) is 34.8 Å². The third-order valence-electron chi connectivity index (χ3n) is 2.83. The van der Waals surface area contributed by atoms with Crippen molar-refractivity contribution < 1.29 is 4.79 Å². The largest absolute Gasteiger partial charge is 0.298 e. The van der Waals surface area contributed by atoms with E-state index in [0.717, 1.165) is 11.2 Å². The summed E-state index contributed by atoms with van der Waals surface area (Å²) >= 11 is 19.3. The van der Waals surface area contributed by atoms with Gasteiger partial charge in [0.2, 0.25) is 0 Å². The zero-order valence-electron chi connectivity index (χ0n) is 10.4. The first-order valence-electron chi connectivity index (χ1n) is 5.84. The van der Waals surface area contributed by atoms with Crippen molar-refractivity contribution in [1.29, 1.82) is 0 Å². The maximum absolute atomic E-state index is 11.3. The topological polar surface area (TPSA) is 34.9 Å². The van der Waals surface area contributed by atoms with Crippen LogP contribution in [0.1, 0.15) is 10.4 Å². The van der Waals surface area contributed by atoms with Gasteiger partial charge >= 0.3 is 0 Å². The van der Waals surface area contributed by atoms with Crippen molar-refractivity contribution in [2.24, 2.45) is 0 Å². The van der Waals surface area contributed by atoms with Crippen molar-refractivity contribution in [1.82, 2.24) is 9.78 Å². The van der Waals surface area contributed by atoms with E-state index >= 15 is 0 Å². The molecule has 0 saturated heterocycles. The molecule has 0 saturated carbocycles. The molecule has 0 unspecified atom stereocenters. The predicted octanol–water partition coefficient (Wildman–Crippen LogP) is 5.37. The van der Waals surface area contributed by atoms with Gasteiger partial charge in [0.05, 0.1) is 25.5 Å². The molecule has 0 atom stereocenters. The first-order chi connectivity index (χ1) is 10.1. The summed E-state index contributed by atoms with van der Waals surface area (Å²) in [7, 11) is 0. The summed E-state index contributed by atoms with van der Waals surface area (Å²) in [5.74, 6) is 0. The first-order valence-corrected chi connectivity index (χ1v) is 7.79. The molecule has 0 aliphatic carbocycles. The van der Waals surface area contributed by atoms with Crippen LogP contribution in [0.5, 0.6) is 0 Å². The summed E-state index contributed by atoms with van der Waals surface area (Å²) in [6.07, 6.45) is 2.39. The Bertz CT molecular complexity index is 825. The molecule has 0 spiro atoms. The van der Waals surface area contributed by atoms with Crippen molar-refractivity contribution >= 4 is 52.4 Å². The standard InChI is InChI=1S/C14H7Cl3N2OS/c15-9-1-2-11(10(16)5-9)19-6-8(7-20)14(18-19)12-3-4-13(17)21-12/h1-7H. The number of carbonyl (C=O) groups is 1. The number of aromatic nitrogens is 2. The minimum Gasteiger partial charge on any atom is -0.298 e. The smallest absolute Gasteiger partial charge is 0.153 e. The van der Waals surface area contributed by atoms with Crippen molar-refractivity contribution in [3.8, 4) is 16.3 Å². The molecule has 7 heteroatoms. The monoisotopic (exact) mass is 356 g/mol. The van der Waals surface area contributed by atoms with Crippen LogP contribution < -0.4 is 0 Å². The molecule has 2 heterocycles. The molecule has 3 rings (SSSR count). The average molecular weight is 358 g/mol. The molecule has 0 radical (unpaired) electrons. The molecule has 0 amide bonds. The molecule has 0 aliphatic heterocycles. The van der Waals surface area contributed by atoms with Gasteiger partial charge in [-0.05, 0) is 30.3 Å². The van der Waals surface area contributed by atoms with Crippen LogP contribution in [0, 0.1) is 0 Å². The third-order valence-corrected chi connectivity index (χ3v) is 4.61. The summed E-state index contributed by atoms with van der Waals surface area (Å²) in [6.45, 7) is 0. The highest BCUT2D eigenvalue weighted by Crippen LogP contribution is 2.33. The second-order valence-corrected chi connectivity index (χ2v) is 6.75. The maximum Gasteiger partial charge on any atom is 0.153 e. The van der Waals surface area contributed by atoms with E-state index in [1.165, 1.54) is 11.3 Å². The highest BCUT2D eigenvalue weighted by molar-refractivity contribution is 7.19. The van der Waals surface area contributed by atoms with Crippen molar-refractivity contribution in [3.05, 3.63) is 56.5 Å². The fourth-order valence-corrected chi connectivity index (χ4v) is 3.44. The number of carbonyl (C=O) groups excluding carboxylic acids is 1. The Kier molecular flexibility index (Phi) is 4.04. The molecule has 2 aromatic heterocycles. The molecule has 0 bridgehead atoms. The predicted molar refractivity (Wildman–Crippen MR) is 87.3 cm³/mol. The van der Waals surface area contributed by atoms with Gasteiger partial charge in [-0.15, -0.1) is 11.3 Å². The number of hydrogen-bond donors (Lipinski definition) is 0. The minimum atomic E-state index is 0.457. The molecule has 0 aliphatic rings. The Morgan fingerprint density at radius 1 is 1.14 bits per heavy atom. The Morgan fingerprint density at radius 2 is 1.95 bits per heavy atom. The quantitative estimate of drug-likeness (QED) is 0.590. The fraction of sp³-hybridized carbons (Fsp3) is 0. The zero-order chi connectivity index (χ0) is 15.0. The summed E-state index contributed by atoms with van der Waals surface area (Å²) in [5, 5.41) is 5.43. The van der Waals surface area contributed by atoms with E-state index in [1.807, 2.05) is 6.07 Å². The molecule has 0 N–H and O–H groups in total. The van der Waals surface area contributed by atoms with E-state index in [9.17, 15) is 4.79 Å². The molecule has 0 fully saturated rings. The number of aldehydes is 1. The Balaban J connectivity index is 2.13. The molecular weight excluding hydrogens is 351 g/mol. The van der Waals surface area contributed by atoms with Crippen LogP contribution in [0.2, 0.25) is 14.4 Å². The van der Waals surface area contributed by atoms with Crippen molar-refractivity contribution in [2.75, 3.05) is 0 Å². The molecule has 21 heavy (non-hydrogen) atoms. The second kappa shape index (κ2) is 5.81. The number of halogens is 3. The lowest BCUT2D eigenvalue weighted by Gasteiger charge is -2.04. The van der Waals surface area contributed by atoms with Gasteiger partial charge in [-0.2, -0.15) is 5.10 Å². The highest BCUT2D eigenvalue weighted by atomic mass is 35.5. The van der Waals surface area contributed by atoms with Crippen LogP contribution in [0.4, 0.5) is 0 Å². The number of thiophene rings is 1. The van der Waals surface area contributed by atoms with Gasteiger partial charge in [-0.3, -0.25) is 4.79 Å². The van der Waals surface area contributed by atoms with Gasteiger partial charge in [-0.25, -0.2) is 4.68 Å². The summed E-state index contributed by atoms with van der Waals surface area (Å²) < 4.78 is 2.20. The Morgan fingerprint density at radius 3 is 2.57 bits per heavy atom. The summed E-state index contributed by atoms with van der Waals surface area (Å²) in [5.41, 5.74) is 1.70. The van der Waals surface area contributed by atoms with E-state index in [0.29, 0.717) is 31.3 Å². The molecule has 106 valence electrons. The lowest BCUT2D eigenvalue weighted by molar-refractivity contribution is 0.112. The van der Waals surface area contributed by atoms with E-state index in [1.54, 1.807) is 35.1 Å². The number of rotatable bonds is 3.